The van der Waals surface area contributed by atoms with Crippen molar-refractivity contribution in [3.05, 3.63) is 22.2 Å². The minimum Gasteiger partial charge on any atom is -0.380 e. The lowest BCUT2D eigenvalue weighted by molar-refractivity contribution is -0.153. The van der Waals surface area contributed by atoms with Gasteiger partial charge in [-0.2, -0.15) is 0 Å². The molecule has 2 fully saturated rings. The molecule has 3 N–H and O–H groups in total. The fraction of sp³-hybridized carbons (Fsp3) is 0.739. The summed E-state index contributed by atoms with van der Waals surface area (Å²) in [5.74, 6) is -0.946. The van der Waals surface area contributed by atoms with Gasteiger partial charge in [0.15, 0.2) is 5.78 Å². The van der Waals surface area contributed by atoms with Crippen LogP contribution in [0.5, 0.6) is 0 Å². The van der Waals surface area contributed by atoms with Gasteiger partial charge in [0, 0.05) is 53.5 Å². The van der Waals surface area contributed by atoms with Crippen molar-refractivity contribution in [1.29, 1.82) is 0 Å². The molecule has 0 aromatic carbocycles. The molecule has 0 aromatic heterocycles. The van der Waals surface area contributed by atoms with Gasteiger partial charge in [0.2, 0.25) is 0 Å². The molecule has 174 valence electrons. The molecule has 0 amide bonds. The predicted octanol–water partition coefficient (Wildman–Crippen LogP) is 2.98. The number of nitrogens with one attached hydrogen (secondary N) is 1. The van der Waals surface area contributed by atoms with Crippen molar-refractivity contribution in [1.82, 2.24) is 5.32 Å². The molecule has 3 aliphatic carbocycles. The van der Waals surface area contributed by atoms with Gasteiger partial charge in [-0.25, -0.2) is 0 Å². The molecule has 2 saturated carbocycles. The molecule has 0 aliphatic heterocycles. The molecule has 0 aromatic rings. The molecule has 3 rings (SSSR count). The molecule has 3 aliphatic rings. The van der Waals surface area contributed by atoms with E-state index in [4.69, 9.17) is 15.2 Å². The number of halogens is 2. The topological polar surface area (TPSA) is 90.7 Å². The van der Waals surface area contributed by atoms with Crippen LogP contribution in [-0.2, 0) is 19.1 Å². The maximum absolute atomic E-state index is 13.9. The SMILES string of the molecule is COC1C=CC(Br)=C2C(=O)C3C(Br)CC(C(CN)NCCC(C)C)C(OC)C3C(=O)C21. The number of Topliss-reactive ketones (excluding diaryl/α,β-unsaturated/α-hetero) is 2. The number of fused-ring (bicyclic) bond motifs is 2. The Hall–Kier alpha value is -0.380. The molecule has 6 nitrogen and oxygen atoms in total. The van der Waals surface area contributed by atoms with Gasteiger partial charge >= 0.3 is 0 Å². The van der Waals surface area contributed by atoms with E-state index in [0.717, 1.165) is 13.0 Å². The first kappa shape index (κ1) is 25.2. The monoisotopic (exact) mass is 560 g/mol. The van der Waals surface area contributed by atoms with E-state index >= 15 is 0 Å². The lowest BCUT2D eigenvalue weighted by Gasteiger charge is -2.50. The average Bonchev–Trinajstić information content (AvgIpc) is 2.74. The normalized spacial score (nSPS) is 36.6. The molecule has 8 unspecified atom stereocenters. The molecule has 8 atom stereocenters. The number of methoxy groups -OCH3 is 2. The second-order valence-corrected chi connectivity index (χ2v) is 11.2. The lowest BCUT2D eigenvalue weighted by Crippen LogP contribution is -2.62. The maximum atomic E-state index is 13.9. The zero-order valence-electron chi connectivity index (χ0n) is 18.6. The van der Waals surface area contributed by atoms with Crippen LogP contribution in [0.3, 0.4) is 0 Å². The molecule has 0 saturated heterocycles. The Morgan fingerprint density at radius 3 is 2.52 bits per heavy atom. The second kappa shape index (κ2) is 10.7. The van der Waals surface area contributed by atoms with Crippen LogP contribution in [0.4, 0.5) is 0 Å². The Morgan fingerprint density at radius 2 is 1.94 bits per heavy atom. The van der Waals surface area contributed by atoms with E-state index in [9.17, 15) is 9.59 Å². The number of alkyl halides is 1. The predicted molar refractivity (Wildman–Crippen MR) is 128 cm³/mol. The Kier molecular flexibility index (Phi) is 8.71. The summed E-state index contributed by atoms with van der Waals surface area (Å²) in [5, 5.41) is 3.59. The van der Waals surface area contributed by atoms with E-state index in [1.54, 1.807) is 14.2 Å². The van der Waals surface area contributed by atoms with E-state index in [0.29, 0.717) is 28.9 Å². The Labute approximate surface area is 202 Å². The minimum absolute atomic E-state index is 0.00677. The van der Waals surface area contributed by atoms with Crippen molar-refractivity contribution < 1.29 is 19.1 Å². The number of hydrogen-bond donors (Lipinski definition) is 2. The summed E-state index contributed by atoms with van der Waals surface area (Å²) in [7, 11) is 3.21. The molecular formula is C23H34Br2N2O4. The minimum atomic E-state index is -0.612. The van der Waals surface area contributed by atoms with Crippen LogP contribution in [0.1, 0.15) is 26.7 Å². The molecule has 8 heteroatoms. The highest BCUT2D eigenvalue weighted by Gasteiger charge is 2.59. The standard InChI is InChI=1S/C23H34Br2N2O4/c1-11(2)7-8-27-15(10-26)12-9-14(25)18-20(23(12)31-4)22(29)19-16(30-3)6-5-13(24)17(19)21(18)28/h5-6,11-12,14-16,18-20,23,27H,7-10,26H2,1-4H3. The number of allylic oxidation sites excluding steroid dienone is 2. The molecule has 31 heavy (non-hydrogen) atoms. The van der Waals surface area contributed by atoms with Gasteiger partial charge in [-0.1, -0.05) is 51.8 Å². The van der Waals surface area contributed by atoms with Crippen LogP contribution < -0.4 is 11.1 Å². The quantitative estimate of drug-likeness (QED) is 0.443. The summed E-state index contributed by atoms with van der Waals surface area (Å²) in [6.07, 6.45) is 4.60. The largest absolute Gasteiger partial charge is 0.380 e. The van der Waals surface area contributed by atoms with E-state index < -0.39 is 23.9 Å². The molecule has 0 spiro atoms. The van der Waals surface area contributed by atoms with Crippen LogP contribution in [0, 0.1) is 29.6 Å². The van der Waals surface area contributed by atoms with Crippen LogP contribution >= 0.6 is 31.9 Å². The first-order valence-corrected chi connectivity index (χ1v) is 12.8. The maximum Gasteiger partial charge on any atom is 0.165 e. The van der Waals surface area contributed by atoms with Crippen molar-refractivity contribution in [2.24, 2.45) is 35.3 Å². The van der Waals surface area contributed by atoms with E-state index in [1.165, 1.54) is 0 Å². The Bertz CT molecular complexity index is 754. The highest BCUT2D eigenvalue weighted by atomic mass is 79.9. The number of nitrogens with two attached hydrogens (primary N) is 1. The number of ketones is 2. The third-order valence-electron chi connectivity index (χ3n) is 7.03. The third kappa shape index (κ3) is 4.80. The summed E-state index contributed by atoms with van der Waals surface area (Å²) in [6.45, 7) is 5.69. The first-order chi connectivity index (χ1) is 14.8. The van der Waals surface area contributed by atoms with Gasteiger partial charge in [0.25, 0.3) is 0 Å². The third-order valence-corrected chi connectivity index (χ3v) is 8.66. The Balaban J connectivity index is 1.94. The zero-order chi connectivity index (χ0) is 22.9. The highest BCUT2D eigenvalue weighted by Crippen LogP contribution is 2.50. The first-order valence-electron chi connectivity index (χ1n) is 11.1. The van der Waals surface area contributed by atoms with Crippen molar-refractivity contribution in [2.45, 2.75) is 49.8 Å². The van der Waals surface area contributed by atoms with Crippen LogP contribution in [0.2, 0.25) is 0 Å². The molecular weight excluding hydrogens is 528 g/mol. The van der Waals surface area contributed by atoms with Crippen molar-refractivity contribution in [3.63, 3.8) is 0 Å². The van der Waals surface area contributed by atoms with Gasteiger partial charge in [-0.15, -0.1) is 0 Å². The van der Waals surface area contributed by atoms with Gasteiger partial charge < -0.3 is 20.5 Å². The van der Waals surface area contributed by atoms with Crippen LogP contribution in [-0.4, -0.2) is 62.0 Å². The van der Waals surface area contributed by atoms with Gasteiger partial charge in [0.05, 0.1) is 24.0 Å². The highest BCUT2D eigenvalue weighted by molar-refractivity contribution is 9.12. The summed E-state index contributed by atoms with van der Waals surface area (Å²) in [4.78, 5) is 27.4. The fourth-order valence-electron chi connectivity index (χ4n) is 5.45. The van der Waals surface area contributed by atoms with Crippen LogP contribution in [0.25, 0.3) is 0 Å². The summed E-state index contributed by atoms with van der Waals surface area (Å²) >= 11 is 7.27. The fourth-order valence-corrected chi connectivity index (χ4v) is 7.05. The number of hydrogen-bond acceptors (Lipinski definition) is 6. The van der Waals surface area contributed by atoms with E-state index in [-0.39, 0.29) is 34.5 Å². The number of carbonyl (C=O) groups is 2. The van der Waals surface area contributed by atoms with Crippen LogP contribution in [0.15, 0.2) is 22.2 Å². The second-order valence-electron chi connectivity index (χ2n) is 9.21. The number of rotatable bonds is 8. The van der Waals surface area contributed by atoms with Gasteiger partial charge in [0.1, 0.15) is 5.78 Å². The average molecular weight is 562 g/mol. The molecule has 0 bridgehead atoms. The van der Waals surface area contributed by atoms with Gasteiger partial charge in [-0.3, -0.25) is 9.59 Å². The molecule has 0 heterocycles. The summed E-state index contributed by atoms with van der Waals surface area (Å²) < 4.78 is 12.2. The summed E-state index contributed by atoms with van der Waals surface area (Å²) in [6, 6.07) is 0.0146. The Morgan fingerprint density at radius 1 is 1.23 bits per heavy atom. The van der Waals surface area contributed by atoms with Crippen molar-refractivity contribution >= 4 is 43.4 Å². The van der Waals surface area contributed by atoms with Crippen molar-refractivity contribution in [3.8, 4) is 0 Å². The van der Waals surface area contributed by atoms with Crippen molar-refractivity contribution in [2.75, 3.05) is 27.3 Å². The summed E-state index contributed by atoms with van der Waals surface area (Å²) in [5.41, 5.74) is 6.68. The number of ether oxygens (including phenoxy) is 2. The van der Waals surface area contributed by atoms with E-state index in [1.807, 2.05) is 12.2 Å². The molecule has 0 radical (unpaired) electrons. The van der Waals surface area contributed by atoms with Gasteiger partial charge in [-0.05, 0) is 31.4 Å². The van der Waals surface area contributed by atoms with E-state index in [2.05, 4.69) is 51.0 Å². The smallest absolute Gasteiger partial charge is 0.165 e. The lowest BCUT2D eigenvalue weighted by atomic mass is 9.58. The zero-order valence-corrected chi connectivity index (χ0v) is 21.8. The number of carbonyl (C=O) groups excluding carboxylic acids is 2.